The molecule has 0 aliphatic carbocycles. The number of likely N-dealkylation sites (tertiary alicyclic amines) is 1. The van der Waals surface area contributed by atoms with Crippen LogP contribution in [-0.4, -0.2) is 81.7 Å². The Morgan fingerprint density at radius 1 is 0.846 bits per heavy atom. The van der Waals surface area contributed by atoms with Crippen LogP contribution in [-0.2, 0) is 19.1 Å². The molecule has 4 amide bonds. The van der Waals surface area contributed by atoms with Crippen molar-refractivity contribution in [1.82, 2.24) is 40.8 Å². The van der Waals surface area contributed by atoms with Crippen molar-refractivity contribution in [2.75, 3.05) is 20.8 Å². The molecule has 52 heavy (non-hydrogen) atoms. The summed E-state index contributed by atoms with van der Waals surface area (Å²) in [5.41, 5.74) is 4.90. The van der Waals surface area contributed by atoms with Crippen LogP contribution in [0.15, 0.2) is 48.7 Å². The first-order valence-corrected chi connectivity index (χ1v) is 17.3. The van der Waals surface area contributed by atoms with Gasteiger partial charge in [-0.1, -0.05) is 51.7 Å². The van der Waals surface area contributed by atoms with Gasteiger partial charge in [0.25, 0.3) is 0 Å². The van der Waals surface area contributed by atoms with E-state index in [0.29, 0.717) is 18.2 Å². The molecule has 1 aliphatic rings. The van der Waals surface area contributed by atoms with Gasteiger partial charge < -0.3 is 40.3 Å². The van der Waals surface area contributed by atoms with E-state index in [1.165, 1.54) is 14.2 Å². The summed E-state index contributed by atoms with van der Waals surface area (Å²) in [5.74, 6) is 6.96. The molecule has 3 heterocycles. The number of carbonyl (C=O) groups is 4. The number of nitrogens with one attached hydrogen (secondary N) is 5. The van der Waals surface area contributed by atoms with Crippen molar-refractivity contribution >= 4 is 35.0 Å². The van der Waals surface area contributed by atoms with E-state index >= 15 is 0 Å². The molecule has 0 spiro atoms. The quantitative estimate of drug-likeness (QED) is 0.143. The molecule has 2 aromatic heterocycles. The Bertz CT molecular complexity index is 1970. The van der Waals surface area contributed by atoms with Gasteiger partial charge in [0.15, 0.2) is 0 Å². The maximum Gasteiger partial charge on any atom is 0.407 e. The van der Waals surface area contributed by atoms with Crippen LogP contribution in [0.3, 0.4) is 0 Å². The second kappa shape index (κ2) is 16.5. The fraction of sp³-hybridized carbons (Fsp3) is 0.421. The van der Waals surface area contributed by atoms with Gasteiger partial charge in [0, 0.05) is 17.7 Å². The lowest BCUT2D eigenvalue weighted by Gasteiger charge is -2.30. The van der Waals surface area contributed by atoms with E-state index in [0.717, 1.165) is 46.3 Å². The molecular formula is C38H46N8O6. The Morgan fingerprint density at radius 3 is 2.13 bits per heavy atom. The minimum Gasteiger partial charge on any atom is -0.453 e. The Kier molecular flexibility index (Phi) is 11.8. The van der Waals surface area contributed by atoms with E-state index in [2.05, 4.69) is 52.5 Å². The third-order valence-corrected chi connectivity index (χ3v) is 9.06. The van der Waals surface area contributed by atoms with Gasteiger partial charge in [-0.25, -0.2) is 19.6 Å². The maximum atomic E-state index is 13.5. The van der Waals surface area contributed by atoms with Crippen LogP contribution in [0.25, 0.3) is 22.3 Å². The van der Waals surface area contributed by atoms with Crippen molar-refractivity contribution in [2.45, 2.75) is 71.6 Å². The summed E-state index contributed by atoms with van der Waals surface area (Å²) in [6.45, 7) is 9.86. The zero-order valence-corrected chi connectivity index (χ0v) is 30.5. The molecule has 14 heteroatoms. The van der Waals surface area contributed by atoms with Gasteiger partial charge in [0.05, 0.1) is 49.2 Å². The number of aromatic amines is 2. The number of methoxy groups -OCH3 is 2. The summed E-state index contributed by atoms with van der Waals surface area (Å²) in [7, 11) is 2.53. The third kappa shape index (κ3) is 8.71. The molecule has 1 aliphatic heterocycles. The zero-order valence-electron chi connectivity index (χ0n) is 30.5. The molecule has 4 atom stereocenters. The van der Waals surface area contributed by atoms with Crippen LogP contribution < -0.4 is 16.0 Å². The predicted octanol–water partition coefficient (Wildman–Crippen LogP) is 4.95. The smallest absolute Gasteiger partial charge is 0.407 e. The van der Waals surface area contributed by atoms with Crippen molar-refractivity contribution < 1.29 is 28.7 Å². The van der Waals surface area contributed by atoms with Crippen LogP contribution in [0.2, 0.25) is 0 Å². The first-order chi connectivity index (χ1) is 24.9. The summed E-state index contributed by atoms with van der Waals surface area (Å²) >= 11 is 0. The van der Waals surface area contributed by atoms with E-state index in [9.17, 15) is 19.2 Å². The highest BCUT2D eigenvalue weighted by Crippen LogP contribution is 2.33. The van der Waals surface area contributed by atoms with Crippen molar-refractivity contribution in [3.63, 3.8) is 0 Å². The second-order valence-corrected chi connectivity index (χ2v) is 13.5. The van der Waals surface area contributed by atoms with Gasteiger partial charge in [-0.3, -0.25) is 9.59 Å². The zero-order chi connectivity index (χ0) is 37.5. The Morgan fingerprint density at radius 2 is 1.48 bits per heavy atom. The highest BCUT2D eigenvalue weighted by atomic mass is 16.5. The van der Waals surface area contributed by atoms with Gasteiger partial charge in [-0.05, 0) is 67.5 Å². The number of fused-ring (bicyclic) bond motifs is 1. The summed E-state index contributed by atoms with van der Waals surface area (Å²) < 4.78 is 9.39. The van der Waals surface area contributed by atoms with Gasteiger partial charge in [-0.15, -0.1) is 0 Å². The molecule has 5 rings (SSSR count). The van der Waals surface area contributed by atoms with Gasteiger partial charge >= 0.3 is 12.2 Å². The van der Waals surface area contributed by atoms with E-state index in [-0.39, 0.29) is 29.7 Å². The molecule has 0 saturated carbocycles. The topological polar surface area (TPSA) is 183 Å². The maximum absolute atomic E-state index is 13.5. The Labute approximate surface area is 302 Å². The molecular weight excluding hydrogens is 664 g/mol. The van der Waals surface area contributed by atoms with Crippen molar-refractivity contribution in [2.24, 2.45) is 11.8 Å². The number of ether oxygens (including phenoxy) is 2. The molecule has 1 saturated heterocycles. The minimum absolute atomic E-state index is 0.111. The number of alkyl carbamates (subject to hydrolysis) is 2. The monoisotopic (exact) mass is 710 g/mol. The highest BCUT2D eigenvalue weighted by Gasteiger charge is 2.37. The SMILES string of the molecule is COC(=O)N[C@H](C(=O)N[C@@H](C)c1nc2ccc(C#Cc3ccc(-c4cnc([C@@H]5CCCN5C(=O)[C@@H](NC(=O)OC)C(C)C)[nH]4)cc3)cc2[nH]1)C(C)C. The number of aromatic nitrogens is 4. The molecule has 14 nitrogen and oxygen atoms in total. The number of hydrogen-bond acceptors (Lipinski definition) is 8. The van der Waals surface area contributed by atoms with Crippen LogP contribution in [0.5, 0.6) is 0 Å². The molecule has 0 unspecified atom stereocenters. The summed E-state index contributed by atoms with van der Waals surface area (Å²) in [5, 5.41) is 8.17. The fourth-order valence-corrected chi connectivity index (χ4v) is 6.13. The van der Waals surface area contributed by atoms with Crippen molar-refractivity contribution in [3.05, 3.63) is 71.4 Å². The number of rotatable bonds is 10. The van der Waals surface area contributed by atoms with Crippen LogP contribution in [0.1, 0.15) is 82.3 Å². The predicted molar refractivity (Wildman–Crippen MR) is 195 cm³/mol. The van der Waals surface area contributed by atoms with E-state index in [4.69, 9.17) is 4.74 Å². The molecule has 2 aromatic carbocycles. The average molecular weight is 711 g/mol. The van der Waals surface area contributed by atoms with Crippen LogP contribution in [0, 0.1) is 23.7 Å². The highest BCUT2D eigenvalue weighted by molar-refractivity contribution is 5.87. The van der Waals surface area contributed by atoms with Crippen LogP contribution >= 0.6 is 0 Å². The molecule has 0 bridgehead atoms. The normalized spacial score (nSPS) is 15.8. The summed E-state index contributed by atoms with van der Waals surface area (Å²) in [6.07, 6.45) is 2.08. The van der Waals surface area contributed by atoms with Gasteiger partial charge in [-0.2, -0.15) is 0 Å². The number of nitrogens with zero attached hydrogens (tertiary/aromatic N) is 3. The lowest BCUT2D eigenvalue weighted by molar-refractivity contribution is -0.135. The van der Waals surface area contributed by atoms with E-state index in [1.54, 1.807) is 11.1 Å². The third-order valence-electron chi connectivity index (χ3n) is 9.06. The summed E-state index contributed by atoms with van der Waals surface area (Å²) in [4.78, 5) is 67.7. The molecule has 5 N–H and O–H groups in total. The molecule has 0 radical (unpaired) electrons. The first-order valence-electron chi connectivity index (χ1n) is 17.3. The minimum atomic E-state index is -0.755. The second-order valence-electron chi connectivity index (χ2n) is 13.5. The number of benzene rings is 2. The number of imidazole rings is 2. The number of carbonyl (C=O) groups excluding carboxylic acids is 4. The summed E-state index contributed by atoms with van der Waals surface area (Å²) in [6, 6.07) is 11.4. The molecule has 1 fully saturated rings. The number of amides is 4. The molecule has 274 valence electrons. The fourth-order valence-electron chi connectivity index (χ4n) is 6.13. The van der Waals surface area contributed by atoms with Gasteiger partial charge in [0.1, 0.15) is 23.7 Å². The number of H-pyrrole nitrogens is 2. The molecule has 4 aromatic rings. The van der Waals surface area contributed by atoms with E-state index in [1.807, 2.05) is 77.1 Å². The average Bonchev–Trinajstić information content (AvgIpc) is 3.91. The largest absolute Gasteiger partial charge is 0.453 e. The standard InChI is InChI=1S/C38H46N8O6/c1-21(2)31(44-37(49)51-6)35(47)40-23(5)33-41-27-17-14-25(19-28(27)42-33)11-10-24-12-15-26(16-13-24)29-20-39-34(43-29)30-9-8-18-46(30)36(48)32(22(3)4)45-38(50)52-7/h12-17,19-23,30-32H,8-9,18H2,1-7H3,(H,39,43)(H,40,47)(H,41,42)(H,44,49)(H,45,50)/t23-,30-,31-,32-/m0/s1. The van der Waals surface area contributed by atoms with E-state index < -0.39 is 30.3 Å². The van der Waals surface area contributed by atoms with Gasteiger partial charge in [0.2, 0.25) is 11.8 Å². The number of hydrogen-bond donors (Lipinski definition) is 5. The first kappa shape index (κ1) is 37.4. The Balaban J connectivity index is 1.23. The van der Waals surface area contributed by atoms with Crippen LogP contribution in [0.4, 0.5) is 9.59 Å². The lowest BCUT2D eigenvalue weighted by Crippen LogP contribution is -2.51. The van der Waals surface area contributed by atoms with Crippen molar-refractivity contribution in [3.8, 4) is 23.1 Å². The Hall–Kier alpha value is -5.84. The van der Waals surface area contributed by atoms with Crippen molar-refractivity contribution in [1.29, 1.82) is 0 Å². The lowest BCUT2D eigenvalue weighted by atomic mass is 10.0.